The van der Waals surface area contributed by atoms with E-state index in [0.29, 0.717) is 11.6 Å². The fraction of sp³-hybridized carbons (Fsp3) is 0.348. The van der Waals surface area contributed by atoms with Crippen LogP contribution in [0.15, 0.2) is 54.9 Å². The number of benzene rings is 1. The maximum Gasteiger partial charge on any atom is 0.227 e. The maximum absolute atomic E-state index is 12.7. The molecule has 1 fully saturated rings. The van der Waals surface area contributed by atoms with Crippen LogP contribution in [0.1, 0.15) is 17.7 Å². The Morgan fingerprint density at radius 3 is 2.55 bits per heavy atom. The zero-order chi connectivity index (χ0) is 21.6. The number of aromatic nitrogens is 2. The molecule has 4 rings (SSSR count). The van der Waals surface area contributed by atoms with E-state index in [0.717, 1.165) is 43.4 Å². The molecular weight excluding hydrogens is 410 g/mol. The summed E-state index contributed by atoms with van der Waals surface area (Å²) in [5.74, 6) is 1.31. The molecule has 1 amide bonds. The van der Waals surface area contributed by atoms with E-state index in [2.05, 4.69) is 20.2 Å². The largest absolute Gasteiger partial charge is 0.439 e. The number of carbonyl (C=O) groups is 1. The SMILES string of the molecule is CN(C)c1ncc(CN2CCC(C(=O)Nc3ccc(Oc4ccccc4)nc3)CC2)s1. The summed E-state index contributed by atoms with van der Waals surface area (Å²) in [6, 6.07) is 13.1. The van der Waals surface area contributed by atoms with Crippen LogP contribution in [0.4, 0.5) is 10.8 Å². The number of ether oxygens (including phenoxy) is 1. The van der Waals surface area contributed by atoms with Gasteiger partial charge >= 0.3 is 0 Å². The summed E-state index contributed by atoms with van der Waals surface area (Å²) in [4.78, 5) is 27.1. The van der Waals surface area contributed by atoms with E-state index in [-0.39, 0.29) is 11.8 Å². The molecule has 3 heterocycles. The van der Waals surface area contributed by atoms with Crippen molar-refractivity contribution in [1.29, 1.82) is 0 Å². The third-order valence-corrected chi connectivity index (χ3v) is 6.38. The van der Waals surface area contributed by atoms with Crippen molar-refractivity contribution in [2.24, 2.45) is 5.92 Å². The van der Waals surface area contributed by atoms with Gasteiger partial charge in [0.05, 0.1) is 11.9 Å². The van der Waals surface area contributed by atoms with Gasteiger partial charge in [-0.1, -0.05) is 18.2 Å². The number of hydrogen-bond donors (Lipinski definition) is 1. The van der Waals surface area contributed by atoms with E-state index in [4.69, 9.17) is 4.74 Å². The Morgan fingerprint density at radius 2 is 1.90 bits per heavy atom. The standard InChI is InChI=1S/C23H27N5O2S/c1-27(2)23-25-15-20(31-23)16-28-12-10-17(11-13-28)22(29)26-18-8-9-21(24-14-18)30-19-6-4-3-5-7-19/h3-9,14-15,17H,10-13,16H2,1-2H3,(H,26,29). The van der Waals surface area contributed by atoms with E-state index in [9.17, 15) is 4.79 Å². The van der Waals surface area contributed by atoms with Gasteiger partial charge in [-0.25, -0.2) is 9.97 Å². The van der Waals surface area contributed by atoms with Crippen molar-refractivity contribution in [3.05, 3.63) is 59.7 Å². The minimum absolute atomic E-state index is 0.0234. The molecular formula is C23H27N5O2S. The van der Waals surface area contributed by atoms with E-state index in [1.807, 2.05) is 61.6 Å². The van der Waals surface area contributed by atoms with E-state index in [1.165, 1.54) is 4.88 Å². The predicted octanol–water partition coefficient (Wildman–Crippen LogP) is 4.25. The van der Waals surface area contributed by atoms with Crippen molar-refractivity contribution >= 4 is 28.1 Å². The monoisotopic (exact) mass is 437 g/mol. The number of piperidine rings is 1. The molecule has 31 heavy (non-hydrogen) atoms. The summed E-state index contributed by atoms with van der Waals surface area (Å²) in [5, 5.41) is 4.02. The first-order valence-electron chi connectivity index (χ1n) is 10.4. The molecule has 1 N–H and O–H groups in total. The van der Waals surface area contributed by atoms with E-state index in [1.54, 1.807) is 23.6 Å². The van der Waals surface area contributed by atoms with Crippen LogP contribution >= 0.6 is 11.3 Å². The van der Waals surface area contributed by atoms with Crippen LogP contribution in [0.25, 0.3) is 0 Å². The van der Waals surface area contributed by atoms with Gasteiger partial charge in [0.15, 0.2) is 5.13 Å². The Balaban J connectivity index is 1.24. The first-order valence-corrected chi connectivity index (χ1v) is 11.2. The topological polar surface area (TPSA) is 70.6 Å². The van der Waals surface area contributed by atoms with Gasteiger partial charge in [0, 0.05) is 43.7 Å². The normalized spacial score (nSPS) is 14.9. The first-order chi connectivity index (χ1) is 15.1. The van der Waals surface area contributed by atoms with Crippen LogP contribution in [-0.2, 0) is 11.3 Å². The minimum atomic E-state index is 0.0234. The molecule has 0 radical (unpaired) electrons. The highest BCUT2D eigenvalue weighted by Crippen LogP contribution is 2.25. The second kappa shape index (κ2) is 9.89. The van der Waals surface area contributed by atoms with Crippen molar-refractivity contribution in [2.75, 3.05) is 37.4 Å². The van der Waals surface area contributed by atoms with Crippen molar-refractivity contribution in [3.8, 4) is 11.6 Å². The van der Waals surface area contributed by atoms with Crippen LogP contribution in [-0.4, -0.2) is 48.0 Å². The number of likely N-dealkylation sites (tertiary alicyclic amines) is 1. The summed E-state index contributed by atoms with van der Waals surface area (Å²) in [6.45, 7) is 2.72. The lowest BCUT2D eigenvalue weighted by Crippen LogP contribution is -2.37. The lowest BCUT2D eigenvalue weighted by atomic mass is 9.96. The number of para-hydroxylation sites is 1. The maximum atomic E-state index is 12.7. The van der Waals surface area contributed by atoms with Gasteiger partial charge in [-0.15, -0.1) is 11.3 Å². The third-order valence-electron chi connectivity index (χ3n) is 5.23. The van der Waals surface area contributed by atoms with Crippen LogP contribution in [0.2, 0.25) is 0 Å². The molecule has 0 spiro atoms. The van der Waals surface area contributed by atoms with Crippen molar-refractivity contribution in [3.63, 3.8) is 0 Å². The number of rotatable bonds is 7. The molecule has 1 saturated heterocycles. The highest BCUT2D eigenvalue weighted by atomic mass is 32.1. The zero-order valence-electron chi connectivity index (χ0n) is 17.8. The molecule has 162 valence electrons. The van der Waals surface area contributed by atoms with Crippen LogP contribution < -0.4 is 15.0 Å². The average Bonchev–Trinajstić information content (AvgIpc) is 3.25. The zero-order valence-corrected chi connectivity index (χ0v) is 18.6. The molecule has 1 aliphatic rings. The highest BCUT2D eigenvalue weighted by molar-refractivity contribution is 7.15. The predicted molar refractivity (Wildman–Crippen MR) is 124 cm³/mol. The van der Waals surface area contributed by atoms with E-state index >= 15 is 0 Å². The Labute approximate surface area is 186 Å². The van der Waals surface area contributed by atoms with Gasteiger partial charge in [-0.05, 0) is 44.1 Å². The molecule has 3 aromatic rings. The van der Waals surface area contributed by atoms with Gasteiger partial charge in [0.1, 0.15) is 5.75 Å². The average molecular weight is 438 g/mol. The Kier molecular flexibility index (Phi) is 6.79. The van der Waals surface area contributed by atoms with Crippen molar-refractivity contribution < 1.29 is 9.53 Å². The second-order valence-corrected chi connectivity index (χ2v) is 8.94. The Morgan fingerprint density at radius 1 is 1.13 bits per heavy atom. The molecule has 2 aromatic heterocycles. The molecule has 8 heteroatoms. The molecule has 7 nitrogen and oxygen atoms in total. The van der Waals surface area contributed by atoms with Crippen LogP contribution in [0.3, 0.4) is 0 Å². The summed E-state index contributed by atoms with van der Waals surface area (Å²) in [7, 11) is 4.01. The lowest BCUT2D eigenvalue weighted by molar-refractivity contribution is -0.121. The van der Waals surface area contributed by atoms with Gasteiger partial charge in [-0.3, -0.25) is 9.69 Å². The third kappa shape index (κ3) is 5.80. The lowest BCUT2D eigenvalue weighted by Gasteiger charge is -2.30. The molecule has 0 bridgehead atoms. The fourth-order valence-electron chi connectivity index (χ4n) is 3.52. The van der Waals surface area contributed by atoms with Crippen molar-refractivity contribution in [1.82, 2.24) is 14.9 Å². The van der Waals surface area contributed by atoms with Gasteiger partial charge in [0.25, 0.3) is 0 Å². The highest BCUT2D eigenvalue weighted by Gasteiger charge is 2.25. The number of hydrogen-bond acceptors (Lipinski definition) is 7. The quantitative estimate of drug-likeness (QED) is 0.596. The van der Waals surface area contributed by atoms with E-state index < -0.39 is 0 Å². The van der Waals surface area contributed by atoms with Gasteiger partial charge in [0.2, 0.25) is 11.8 Å². The van der Waals surface area contributed by atoms with Crippen LogP contribution in [0, 0.1) is 5.92 Å². The Hall–Kier alpha value is -2.97. The molecule has 0 aliphatic carbocycles. The second-order valence-electron chi connectivity index (χ2n) is 7.84. The molecule has 1 aromatic carbocycles. The smallest absolute Gasteiger partial charge is 0.227 e. The fourth-order valence-corrected chi connectivity index (χ4v) is 4.39. The molecule has 0 atom stereocenters. The number of pyridine rings is 1. The number of amides is 1. The number of thiazole rings is 1. The van der Waals surface area contributed by atoms with Gasteiger partial charge in [-0.2, -0.15) is 0 Å². The molecule has 0 unspecified atom stereocenters. The van der Waals surface area contributed by atoms with Gasteiger partial charge < -0.3 is 15.0 Å². The van der Waals surface area contributed by atoms with Crippen LogP contribution in [0.5, 0.6) is 11.6 Å². The Bertz CT molecular complexity index is 983. The number of nitrogens with zero attached hydrogens (tertiary/aromatic N) is 4. The minimum Gasteiger partial charge on any atom is -0.439 e. The summed E-state index contributed by atoms with van der Waals surface area (Å²) < 4.78 is 5.69. The number of nitrogens with one attached hydrogen (secondary N) is 1. The summed E-state index contributed by atoms with van der Waals surface area (Å²) >= 11 is 1.72. The molecule has 1 aliphatic heterocycles. The number of anilines is 2. The summed E-state index contributed by atoms with van der Waals surface area (Å²) in [6.07, 6.45) is 5.30. The van der Waals surface area contributed by atoms with Crippen molar-refractivity contribution in [2.45, 2.75) is 19.4 Å². The number of carbonyl (C=O) groups excluding carboxylic acids is 1. The molecule has 0 saturated carbocycles. The first kappa shape index (κ1) is 21.3. The summed E-state index contributed by atoms with van der Waals surface area (Å²) in [5.41, 5.74) is 0.689.